The minimum absolute atomic E-state index is 0.0256. The van der Waals surface area contributed by atoms with Crippen molar-refractivity contribution in [3.63, 3.8) is 0 Å². The lowest BCUT2D eigenvalue weighted by Crippen LogP contribution is -2.23. The van der Waals surface area contributed by atoms with Crippen LogP contribution < -0.4 is 10.1 Å². The Morgan fingerprint density at radius 3 is 2.50 bits per heavy atom. The number of hydrogen-bond donors (Lipinski definition) is 2. The van der Waals surface area contributed by atoms with Crippen molar-refractivity contribution in [2.24, 2.45) is 11.8 Å². The summed E-state index contributed by atoms with van der Waals surface area (Å²) in [6.07, 6.45) is -3.70. The van der Waals surface area contributed by atoms with Crippen molar-refractivity contribution in [3.05, 3.63) is 47.7 Å². The fraction of sp³-hybridized carbons (Fsp3) is 0.400. The molecule has 0 aliphatic heterocycles. The third-order valence-electron chi connectivity index (χ3n) is 5.64. The Morgan fingerprint density at radius 1 is 1.25 bits per heavy atom. The highest BCUT2D eigenvalue weighted by Gasteiger charge is 2.72. The summed E-state index contributed by atoms with van der Waals surface area (Å²) in [5, 5.41) is 2.39. The van der Waals surface area contributed by atoms with Crippen molar-refractivity contribution in [3.8, 4) is 5.88 Å². The summed E-state index contributed by atoms with van der Waals surface area (Å²) >= 11 is 0. The highest BCUT2D eigenvalue weighted by Crippen LogP contribution is 2.64. The van der Waals surface area contributed by atoms with E-state index < -0.39 is 56.8 Å². The lowest BCUT2D eigenvalue weighted by molar-refractivity contribution is -0.137. The zero-order valence-electron chi connectivity index (χ0n) is 16.6. The quantitative estimate of drug-likeness (QED) is 0.607. The Morgan fingerprint density at radius 2 is 1.91 bits per heavy atom. The molecule has 4 rings (SSSR count). The summed E-state index contributed by atoms with van der Waals surface area (Å²) in [4.78, 5) is 16.6. The van der Waals surface area contributed by atoms with E-state index in [1.54, 1.807) is 0 Å². The van der Waals surface area contributed by atoms with Gasteiger partial charge < -0.3 is 10.1 Å². The predicted molar refractivity (Wildman–Crippen MR) is 104 cm³/mol. The van der Waals surface area contributed by atoms with Gasteiger partial charge in [0.15, 0.2) is 0 Å². The van der Waals surface area contributed by atoms with Gasteiger partial charge in [0.25, 0.3) is 11.8 Å². The largest absolute Gasteiger partial charge is 0.474 e. The molecule has 3 atom stereocenters. The van der Waals surface area contributed by atoms with Crippen LogP contribution in [0.5, 0.6) is 5.88 Å². The van der Waals surface area contributed by atoms with Crippen molar-refractivity contribution >= 4 is 21.3 Å². The SMILES string of the molecule is CS(=N)(=O)c1cccc(NC(=O)c2cc(C(F)(F)F)cnc2OC2CC3C(C2)C3(F)F)c1. The van der Waals surface area contributed by atoms with Crippen LogP contribution in [-0.2, 0) is 15.9 Å². The number of alkyl halides is 5. The van der Waals surface area contributed by atoms with Gasteiger partial charge in [0, 0.05) is 34.9 Å². The average molecular weight is 475 g/mol. The molecule has 1 aromatic carbocycles. The second kappa shape index (κ2) is 7.39. The Labute approximate surface area is 180 Å². The molecule has 2 aromatic rings. The smallest absolute Gasteiger partial charge is 0.417 e. The van der Waals surface area contributed by atoms with Crippen LogP contribution in [0.2, 0.25) is 0 Å². The van der Waals surface area contributed by atoms with Gasteiger partial charge in [0.1, 0.15) is 11.7 Å². The van der Waals surface area contributed by atoms with Crippen molar-refractivity contribution in [1.29, 1.82) is 4.78 Å². The summed E-state index contributed by atoms with van der Waals surface area (Å²) in [5.41, 5.74) is -1.58. The first-order chi connectivity index (χ1) is 14.8. The molecule has 2 aliphatic rings. The molecule has 0 saturated heterocycles. The predicted octanol–water partition coefficient (Wildman–Crippen LogP) is 4.81. The van der Waals surface area contributed by atoms with Gasteiger partial charge in [-0.15, -0.1) is 0 Å². The van der Waals surface area contributed by atoms with E-state index in [0.29, 0.717) is 12.3 Å². The Kier molecular flexibility index (Phi) is 5.18. The summed E-state index contributed by atoms with van der Waals surface area (Å²) in [6.45, 7) is 0. The number of carbonyl (C=O) groups is 1. The molecule has 0 bridgehead atoms. The lowest BCUT2D eigenvalue weighted by Gasteiger charge is -2.19. The first kappa shape index (κ1) is 22.4. The molecule has 2 aliphatic carbocycles. The van der Waals surface area contributed by atoms with Crippen LogP contribution in [-0.4, -0.2) is 33.4 Å². The lowest BCUT2D eigenvalue weighted by atomic mass is 10.1. The van der Waals surface area contributed by atoms with Gasteiger partial charge in [-0.05, 0) is 37.1 Å². The maximum atomic E-state index is 13.4. The number of pyridine rings is 1. The molecular weight excluding hydrogens is 457 g/mol. The number of aromatic nitrogens is 1. The van der Waals surface area contributed by atoms with Gasteiger partial charge in [-0.3, -0.25) is 4.79 Å². The van der Waals surface area contributed by atoms with E-state index in [0.717, 1.165) is 0 Å². The number of anilines is 1. The minimum Gasteiger partial charge on any atom is -0.474 e. The molecule has 172 valence electrons. The number of rotatable bonds is 5. The average Bonchev–Trinajstić information content (AvgIpc) is 3.02. The number of hydrogen-bond acceptors (Lipinski definition) is 5. The third-order valence-corrected chi connectivity index (χ3v) is 6.80. The van der Waals surface area contributed by atoms with Gasteiger partial charge in [0.05, 0.1) is 15.3 Å². The van der Waals surface area contributed by atoms with Gasteiger partial charge >= 0.3 is 6.18 Å². The van der Waals surface area contributed by atoms with Gasteiger partial charge in [-0.25, -0.2) is 22.8 Å². The van der Waals surface area contributed by atoms with E-state index >= 15 is 0 Å². The van der Waals surface area contributed by atoms with Crippen LogP contribution in [0.4, 0.5) is 27.6 Å². The van der Waals surface area contributed by atoms with Crippen LogP contribution >= 0.6 is 0 Å². The molecule has 2 N–H and O–H groups in total. The zero-order chi connectivity index (χ0) is 23.5. The van der Waals surface area contributed by atoms with Crippen LogP contribution in [0.1, 0.15) is 28.8 Å². The number of benzene rings is 1. The molecule has 3 unspecified atom stereocenters. The molecular formula is C20H18F5N3O3S. The van der Waals surface area contributed by atoms with Crippen LogP contribution in [0.3, 0.4) is 0 Å². The van der Waals surface area contributed by atoms with E-state index in [1.807, 2.05) is 0 Å². The monoisotopic (exact) mass is 475 g/mol. The van der Waals surface area contributed by atoms with Crippen LogP contribution in [0, 0.1) is 16.6 Å². The minimum atomic E-state index is -4.77. The first-order valence-electron chi connectivity index (χ1n) is 9.53. The number of fused-ring (bicyclic) bond motifs is 1. The molecule has 0 radical (unpaired) electrons. The van der Waals surface area contributed by atoms with E-state index in [9.17, 15) is 31.0 Å². The summed E-state index contributed by atoms with van der Waals surface area (Å²) in [7, 11) is -3.08. The van der Waals surface area contributed by atoms with Crippen molar-refractivity contribution < 1.29 is 35.7 Å². The number of amides is 1. The van der Waals surface area contributed by atoms with E-state index in [1.165, 1.54) is 30.5 Å². The van der Waals surface area contributed by atoms with Gasteiger partial charge in [0.2, 0.25) is 5.88 Å². The molecule has 2 saturated carbocycles. The molecule has 1 amide bonds. The molecule has 1 heterocycles. The highest BCUT2D eigenvalue weighted by atomic mass is 32.2. The zero-order valence-corrected chi connectivity index (χ0v) is 17.4. The van der Waals surface area contributed by atoms with E-state index in [4.69, 9.17) is 9.52 Å². The molecule has 32 heavy (non-hydrogen) atoms. The summed E-state index contributed by atoms with van der Waals surface area (Å²) < 4.78 is 91.4. The molecule has 1 aromatic heterocycles. The molecule has 12 heteroatoms. The summed E-state index contributed by atoms with van der Waals surface area (Å²) in [5.74, 6) is -5.75. The topological polar surface area (TPSA) is 92.1 Å². The fourth-order valence-electron chi connectivity index (χ4n) is 3.90. The number of ether oxygens (including phenoxy) is 1. The van der Waals surface area contributed by atoms with Crippen LogP contribution in [0.25, 0.3) is 0 Å². The van der Waals surface area contributed by atoms with Gasteiger partial charge in [-0.2, -0.15) is 13.2 Å². The van der Waals surface area contributed by atoms with Crippen molar-refractivity contribution in [1.82, 2.24) is 4.98 Å². The Hall–Kier alpha value is -2.76. The Bertz CT molecular complexity index is 1170. The number of nitrogens with one attached hydrogen (secondary N) is 2. The molecule has 6 nitrogen and oxygen atoms in total. The first-order valence-corrected chi connectivity index (χ1v) is 11.5. The molecule has 2 fully saturated rings. The maximum Gasteiger partial charge on any atom is 0.417 e. The standard InChI is InChI=1S/C20H18F5N3O3S/c1-32(26,30)13-4-2-3-11(6-13)28-17(29)14-5-10(20(23,24)25)9-27-18(14)31-12-7-15-16(8-12)19(15,21)22/h2-6,9,12,15-16,26H,7-8H2,1H3,(H,28,29). The third kappa shape index (κ3) is 4.27. The highest BCUT2D eigenvalue weighted by molar-refractivity contribution is 7.91. The molecule has 0 spiro atoms. The van der Waals surface area contributed by atoms with Crippen LogP contribution in [0.15, 0.2) is 41.4 Å². The van der Waals surface area contributed by atoms with Crippen molar-refractivity contribution in [2.75, 3.05) is 11.6 Å². The van der Waals surface area contributed by atoms with Crippen molar-refractivity contribution in [2.45, 2.75) is 35.9 Å². The second-order valence-corrected chi connectivity index (χ2v) is 10.2. The number of nitrogens with zero attached hydrogens (tertiary/aromatic N) is 1. The summed E-state index contributed by atoms with van der Waals surface area (Å²) in [6, 6.07) is 6.14. The van der Waals surface area contributed by atoms with E-state index in [2.05, 4.69) is 10.3 Å². The van der Waals surface area contributed by atoms with Gasteiger partial charge in [-0.1, -0.05) is 6.07 Å². The number of halogens is 5. The maximum absolute atomic E-state index is 13.4. The Balaban J connectivity index is 1.60. The normalized spacial score (nSPS) is 25.5. The fourth-order valence-corrected chi connectivity index (χ4v) is 4.59. The second-order valence-electron chi connectivity index (χ2n) is 8.00. The number of carbonyl (C=O) groups excluding carboxylic acids is 1. The van der Waals surface area contributed by atoms with E-state index in [-0.39, 0.29) is 29.3 Å².